The molecule has 2 aromatic rings. The molecule has 0 amide bonds. The Balaban J connectivity index is 1.67. The van der Waals surface area contributed by atoms with Crippen LogP contribution in [0.25, 0.3) is 0 Å². The largest absolute Gasteiger partial charge is 0.493 e. The Kier molecular flexibility index (Phi) is 6.81. The molecule has 2 aromatic carbocycles. The van der Waals surface area contributed by atoms with Gasteiger partial charge in [-0.1, -0.05) is 12.1 Å². The molecule has 2 N–H and O–H groups in total. The van der Waals surface area contributed by atoms with E-state index in [1.54, 1.807) is 26.4 Å². The highest BCUT2D eigenvalue weighted by molar-refractivity contribution is 5.42. The van der Waals surface area contributed by atoms with Gasteiger partial charge in [0, 0.05) is 24.0 Å². The quantitative estimate of drug-likeness (QED) is 0.683. The van der Waals surface area contributed by atoms with Crippen molar-refractivity contribution in [2.45, 2.75) is 50.7 Å². The summed E-state index contributed by atoms with van der Waals surface area (Å²) < 4.78 is 30.2. The molecule has 5 heteroatoms. The lowest BCUT2D eigenvalue weighted by Gasteiger charge is -2.45. The maximum absolute atomic E-state index is 13.5. The second kappa shape index (κ2) is 9.14. The molecule has 1 heterocycles. The van der Waals surface area contributed by atoms with Gasteiger partial charge in [0.1, 0.15) is 12.4 Å². The molecule has 1 aliphatic rings. The van der Waals surface area contributed by atoms with Gasteiger partial charge in [0.2, 0.25) is 0 Å². The lowest BCUT2D eigenvalue weighted by Crippen LogP contribution is -2.83. The van der Waals surface area contributed by atoms with E-state index in [1.807, 2.05) is 24.3 Å². The van der Waals surface area contributed by atoms with Crippen LogP contribution in [0, 0.1) is 5.82 Å². The molecule has 4 nitrogen and oxygen atoms in total. The molecule has 0 aromatic heterocycles. The first-order valence-corrected chi connectivity index (χ1v) is 10.3. The summed E-state index contributed by atoms with van der Waals surface area (Å²) in [6.45, 7) is 6.90. The Morgan fingerprint density at radius 2 is 1.76 bits per heavy atom. The number of rotatable bonds is 8. The molecule has 1 fully saturated rings. The van der Waals surface area contributed by atoms with E-state index in [2.05, 4.69) is 25.2 Å². The highest BCUT2D eigenvalue weighted by Gasteiger charge is 2.42. The summed E-state index contributed by atoms with van der Waals surface area (Å²) in [6.07, 6.45) is 2.93. The molecule has 1 saturated heterocycles. The normalized spacial score (nSPS) is 21.0. The molecule has 0 radical (unpaired) electrons. The molecular formula is C24H33FNO3+. The van der Waals surface area contributed by atoms with Crippen molar-refractivity contribution in [2.75, 3.05) is 27.4 Å². The van der Waals surface area contributed by atoms with E-state index >= 15 is 0 Å². The second-order valence-electron chi connectivity index (χ2n) is 8.54. The van der Waals surface area contributed by atoms with Crippen molar-refractivity contribution in [2.24, 2.45) is 0 Å². The Morgan fingerprint density at radius 1 is 1.03 bits per heavy atom. The minimum Gasteiger partial charge on any atom is -0.493 e. The zero-order valence-corrected chi connectivity index (χ0v) is 18.0. The van der Waals surface area contributed by atoms with Crippen LogP contribution in [0.3, 0.4) is 0 Å². The smallest absolute Gasteiger partial charge is 0.161 e. The predicted molar refractivity (Wildman–Crippen MR) is 112 cm³/mol. The fourth-order valence-electron chi connectivity index (χ4n) is 4.54. The van der Waals surface area contributed by atoms with Crippen LogP contribution in [0.2, 0.25) is 0 Å². The maximum atomic E-state index is 13.5. The Hall–Kier alpha value is -2.11. The third-order valence-electron chi connectivity index (χ3n) is 5.95. The van der Waals surface area contributed by atoms with Crippen molar-refractivity contribution in [1.82, 2.24) is 0 Å². The van der Waals surface area contributed by atoms with E-state index < -0.39 is 0 Å². The average molecular weight is 403 g/mol. The number of hydrogen-bond donors (Lipinski definition) is 1. The van der Waals surface area contributed by atoms with Crippen LogP contribution in [0.4, 0.5) is 4.39 Å². The molecular weight excluding hydrogens is 369 g/mol. The fourth-order valence-corrected chi connectivity index (χ4v) is 4.54. The lowest BCUT2D eigenvalue weighted by molar-refractivity contribution is -0.672. The van der Waals surface area contributed by atoms with Gasteiger partial charge in [-0.25, -0.2) is 4.39 Å². The molecule has 3 rings (SSSR count). The second-order valence-corrected chi connectivity index (χ2v) is 8.54. The number of ether oxygens (including phenoxy) is 3. The first-order valence-electron chi connectivity index (χ1n) is 10.3. The van der Waals surface area contributed by atoms with Gasteiger partial charge < -0.3 is 19.5 Å². The van der Waals surface area contributed by atoms with Gasteiger partial charge in [0.15, 0.2) is 11.5 Å². The van der Waals surface area contributed by atoms with Gasteiger partial charge in [-0.2, -0.15) is 0 Å². The van der Waals surface area contributed by atoms with Crippen LogP contribution < -0.4 is 14.8 Å². The molecule has 1 atom stereocenters. The summed E-state index contributed by atoms with van der Waals surface area (Å²) in [5.74, 6) is 1.32. The minimum absolute atomic E-state index is 0.0174. The first-order chi connectivity index (χ1) is 13.9. The van der Waals surface area contributed by atoms with Crippen molar-refractivity contribution in [3.8, 4) is 11.5 Å². The summed E-state index contributed by atoms with van der Waals surface area (Å²) in [6, 6.07) is 13.1. The Morgan fingerprint density at radius 3 is 2.41 bits per heavy atom. The number of nitrogens with two attached hydrogens (primary N) is 1. The first kappa shape index (κ1) is 21.6. The van der Waals surface area contributed by atoms with Crippen LogP contribution in [-0.4, -0.2) is 33.0 Å². The van der Waals surface area contributed by atoms with Gasteiger partial charge >= 0.3 is 0 Å². The molecule has 0 unspecified atom stereocenters. The van der Waals surface area contributed by atoms with Crippen molar-refractivity contribution >= 4 is 0 Å². The lowest BCUT2D eigenvalue weighted by atomic mass is 9.67. The minimum atomic E-state index is -0.185. The molecule has 0 saturated carbocycles. The van der Waals surface area contributed by atoms with E-state index in [4.69, 9.17) is 14.2 Å². The van der Waals surface area contributed by atoms with E-state index in [1.165, 1.54) is 11.1 Å². The summed E-state index contributed by atoms with van der Waals surface area (Å²) in [4.78, 5) is 0. The monoisotopic (exact) mass is 402 g/mol. The van der Waals surface area contributed by atoms with E-state index in [9.17, 15) is 4.39 Å². The van der Waals surface area contributed by atoms with Gasteiger partial charge in [-0.05, 0) is 62.6 Å². The Bertz CT molecular complexity index is 806. The highest BCUT2D eigenvalue weighted by Crippen LogP contribution is 2.43. The third-order valence-corrected chi connectivity index (χ3v) is 5.95. The average Bonchev–Trinajstić information content (AvgIpc) is 2.70. The third kappa shape index (κ3) is 5.28. The summed E-state index contributed by atoms with van der Waals surface area (Å²) >= 11 is 0. The van der Waals surface area contributed by atoms with E-state index in [-0.39, 0.29) is 16.8 Å². The van der Waals surface area contributed by atoms with Gasteiger partial charge in [0.25, 0.3) is 0 Å². The predicted octanol–water partition coefficient (Wildman–Crippen LogP) is 3.82. The summed E-state index contributed by atoms with van der Waals surface area (Å²) in [5.41, 5.74) is 2.26. The van der Waals surface area contributed by atoms with Gasteiger partial charge in [-0.15, -0.1) is 0 Å². The number of quaternary nitrogens is 1. The van der Waals surface area contributed by atoms with Crippen LogP contribution in [0.1, 0.15) is 44.2 Å². The maximum Gasteiger partial charge on any atom is 0.161 e. The summed E-state index contributed by atoms with van der Waals surface area (Å²) in [5, 5.41) is 2.33. The van der Waals surface area contributed by atoms with E-state index in [0.29, 0.717) is 0 Å². The van der Waals surface area contributed by atoms with Gasteiger partial charge in [0.05, 0.1) is 26.4 Å². The SMILES string of the molecule is COc1ccc(C[NH2+]CC[C@]2(c3ccc(F)cc3)CCOC(C)(C)C2)cc1OC. The van der Waals surface area contributed by atoms with Crippen LogP contribution in [0.5, 0.6) is 11.5 Å². The molecule has 0 aliphatic carbocycles. The van der Waals surface area contributed by atoms with Crippen molar-refractivity contribution in [3.05, 3.63) is 59.4 Å². The van der Waals surface area contributed by atoms with Crippen LogP contribution in [0.15, 0.2) is 42.5 Å². The number of benzene rings is 2. The number of halogens is 1. The molecule has 158 valence electrons. The summed E-state index contributed by atoms with van der Waals surface area (Å²) in [7, 11) is 3.30. The molecule has 1 aliphatic heterocycles. The zero-order valence-electron chi connectivity index (χ0n) is 18.0. The Labute approximate surface area is 173 Å². The van der Waals surface area contributed by atoms with E-state index in [0.717, 1.165) is 50.5 Å². The fraction of sp³-hybridized carbons (Fsp3) is 0.500. The molecule has 0 spiro atoms. The van der Waals surface area contributed by atoms with Gasteiger partial charge in [-0.3, -0.25) is 0 Å². The molecule has 0 bridgehead atoms. The van der Waals surface area contributed by atoms with Crippen molar-refractivity contribution in [1.29, 1.82) is 0 Å². The number of hydrogen-bond acceptors (Lipinski definition) is 3. The highest BCUT2D eigenvalue weighted by atomic mass is 19.1. The topological polar surface area (TPSA) is 44.3 Å². The zero-order chi connectivity index (χ0) is 20.9. The van der Waals surface area contributed by atoms with Crippen molar-refractivity contribution in [3.63, 3.8) is 0 Å². The van der Waals surface area contributed by atoms with Crippen LogP contribution in [-0.2, 0) is 16.7 Å². The molecule has 29 heavy (non-hydrogen) atoms. The standard InChI is InChI=1S/C24H32FNO3/c1-23(2)17-24(12-14-29-23,19-6-8-20(25)9-7-19)11-13-26-16-18-5-10-21(27-3)22(15-18)28-4/h5-10,15,26H,11-14,16-17H2,1-4H3/p+1/t24-/m0/s1. The number of methoxy groups -OCH3 is 2. The van der Waals surface area contributed by atoms with Crippen LogP contribution >= 0.6 is 0 Å². The van der Waals surface area contributed by atoms with Crippen molar-refractivity contribution < 1.29 is 23.9 Å².